The average molecular weight is 377 g/mol. The van der Waals surface area contributed by atoms with Gasteiger partial charge in [-0.1, -0.05) is 23.4 Å². The molecular formula is C14H13ClF2N4O4. The summed E-state index contributed by atoms with van der Waals surface area (Å²) in [6, 6.07) is 0. The molecule has 25 heavy (non-hydrogen) atoms. The molecule has 8 nitrogen and oxygen atoms in total. The van der Waals surface area contributed by atoms with Crippen molar-refractivity contribution in [2.75, 3.05) is 19.0 Å². The van der Waals surface area contributed by atoms with Crippen LogP contribution >= 0.6 is 11.6 Å². The normalized spacial score (nSPS) is 30.7. The monoisotopic (exact) mass is 376 g/mol. The number of nitrogen functional groups attached to an aromatic ring is 1. The third kappa shape index (κ3) is 2.65. The highest BCUT2D eigenvalue weighted by atomic mass is 35.5. The van der Waals surface area contributed by atoms with Crippen LogP contribution in [0.3, 0.4) is 0 Å². The molecule has 0 bridgehead atoms. The fourth-order valence-electron chi connectivity index (χ4n) is 2.66. The maximum Gasteiger partial charge on any atom is 0.264 e. The Bertz CT molecular complexity index is 1010. The fourth-order valence-corrected chi connectivity index (χ4v) is 3.00. The standard InChI is InChI=1S/C14H13ClF2N4O4/c15-14(2-1-3-16)9(23)7(5-22)25-12(14)21-4-6(17)8-10(21)19-13(18)20-11(8)24/h4,7,9,12,22-23H,3,5H2,(H3,18,19,20,24)/t7-,9+,12-,14?/m1/s1/i5D2. The van der Waals surface area contributed by atoms with Crippen LogP contribution in [0.25, 0.3) is 11.0 Å². The summed E-state index contributed by atoms with van der Waals surface area (Å²) in [5.74, 6) is 2.83. The van der Waals surface area contributed by atoms with Crippen LogP contribution in [-0.4, -0.2) is 55.1 Å². The predicted molar refractivity (Wildman–Crippen MR) is 84.1 cm³/mol. The van der Waals surface area contributed by atoms with Crippen molar-refractivity contribution in [3.05, 3.63) is 22.4 Å². The number of anilines is 1. The van der Waals surface area contributed by atoms with Crippen molar-refractivity contribution in [3.8, 4) is 11.8 Å². The molecule has 0 amide bonds. The van der Waals surface area contributed by atoms with Gasteiger partial charge in [-0.05, 0) is 0 Å². The maximum absolute atomic E-state index is 14.3. The molecule has 1 unspecified atom stereocenters. The number of halogens is 3. The van der Waals surface area contributed by atoms with Crippen LogP contribution in [-0.2, 0) is 4.74 Å². The fraction of sp³-hybridized carbons (Fsp3) is 0.429. The number of aliphatic hydroxyl groups excluding tert-OH is 1. The molecule has 2 aromatic rings. The first-order valence-electron chi connectivity index (χ1n) is 7.87. The maximum atomic E-state index is 14.3. The zero-order valence-corrected chi connectivity index (χ0v) is 13.1. The van der Waals surface area contributed by atoms with E-state index < -0.39 is 53.3 Å². The van der Waals surface area contributed by atoms with Crippen molar-refractivity contribution < 1.29 is 26.5 Å². The van der Waals surface area contributed by atoms with E-state index in [1.807, 2.05) is 5.92 Å². The number of H-pyrrole nitrogens is 1. The summed E-state index contributed by atoms with van der Waals surface area (Å²) in [4.78, 5) is 15.7. The van der Waals surface area contributed by atoms with Crippen molar-refractivity contribution in [2.45, 2.75) is 23.3 Å². The molecule has 0 aromatic carbocycles. The summed E-state index contributed by atoms with van der Waals surface area (Å²) in [5, 5.41) is 19.5. The van der Waals surface area contributed by atoms with E-state index in [0.29, 0.717) is 0 Å². The molecule has 1 saturated heterocycles. The Morgan fingerprint density at radius 3 is 3.04 bits per heavy atom. The number of aromatic nitrogens is 3. The van der Waals surface area contributed by atoms with Crippen LogP contribution in [0.1, 0.15) is 8.97 Å². The molecular weight excluding hydrogens is 362 g/mol. The number of aromatic amines is 1. The second-order valence-electron chi connectivity index (χ2n) is 5.22. The summed E-state index contributed by atoms with van der Waals surface area (Å²) in [5.41, 5.74) is 4.26. The third-order valence-electron chi connectivity index (χ3n) is 3.73. The molecule has 11 heteroatoms. The SMILES string of the molecule is [2H]C([2H])(O)[C@H]1O[C@@H](n2cc(F)c3c(=O)[nH]c(N)nc32)C(Cl)(C#CCF)[C@H]1O. The number of nitrogens with zero attached hydrogens (tertiary/aromatic N) is 2. The predicted octanol–water partition coefficient (Wildman–Crippen LogP) is -0.353. The van der Waals surface area contributed by atoms with Crippen LogP contribution in [0, 0.1) is 17.7 Å². The highest BCUT2D eigenvalue weighted by Gasteiger charge is 2.56. The van der Waals surface area contributed by atoms with Gasteiger partial charge in [-0.15, -0.1) is 0 Å². The Kier molecular flexibility index (Phi) is 3.79. The average Bonchev–Trinajstić information content (AvgIpc) is 3.01. The van der Waals surface area contributed by atoms with Crippen molar-refractivity contribution in [1.82, 2.24) is 14.5 Å². The number of ether oxygens (including phenoxy) is 1. The van der Waals surface area contributed by atoms with E-state index in [1.54, 1.807) is 0 Å². The summed E-state index contributed by atoms with van der Waals surface area (Å²) in [6.45, 7) is -4.20. The topological polar surface area (TPSA) is 126 Å². The number of hydrogen-bond donors (Lipinski definition) is 4. The van der Waals surface area contributed by atoms with Gasteiger partial charge in [0.2, 0.25) is 5.95 Å². The zero-order chi connectivity index (χ0) is 20.1. The van der Waals surface area contributed by atoms with Crippen LogP contribution in [0.4, 0.5) is 14.7 Å². The summed E-state index contributed by atoms with van der Waals surface area (Å²) < 4.78 is 47.8. The number of nitrogens with one attached hydrogen (secondary N) is 1. The molecule has 0 aliphatic carbocycles. The lowest BCUT2D eigenvalue weighted by molar-refractivity contribution is -0.0436. The lowest BCUT2D eigenvalue weighted by Gasteiger charge is -2.25. The van der Waals surface area contributed by atoms with E-state index in [1.165, 1.54) is 0 Å². The van der Waals surface area contributed by atoms with E-state index in [0.717, 1.165) is 10.8 Å². The number of fused-ring (bicyclic) bond motifs is 1. The largest absolute Gasteiger partial charge is 0.394 e. The minimum absolute atomic E-state index is 0.322. The lowest BCUT2D eigenvalue weighted by Crippen LogP contribution is -2.41. The van der Waals surface area contributed by atoms with Crippen LogP contribution in [0.2, 0.25) is 0 Å². The molecule has 1 aliphatic rings. The number of alkyl halides is 2. The Morgan fingerprint density at radius 2 is 2.40 bits per heavy atom. The van der Waals surface area contributed by atoms with Crippen molar-refractivity contribution >= 4 is 28.6 Å². The van der Waals surface area contributed by atoms with Gasteiger partial charge < -0.3 is 20.7 Å². The number of nitrogens with two attached hydrogens (primary N) is 1. The van der Waals surface area contributed by atoms with Gasteiger partial charge in [-0.2, -0.15) is 4.98 Å². The molecule has 0 radical (unpaired) electrons. The molecule has 3 heterocycles. The van der Waals surface area contributed by atoms with Gasteiger partial charge in [0.25, 0.3) is 5.56 Å². The van der Waals surface area contributed by atoms with Crippen molar-refractivity contribution in [1.29, 1.82) is 0 Å². The molecule has 4 atom stereocenters. The molecule has 0 spiro atoms. The lowest BCUT2D eigenvalue weighted by atomic mass is 9.99. The van der Waals surface area contributed by atoms with E-state index >= 15 is 0 Å². The van der Waals surface area contributed by atoms with Crippen LogP contribution in [0.15, 0.2) is 11.0 Å². The molecule has 0 saturated carbocycles. The van der Waals surface area contributed by atoms with Crippen LogP contribution < -0.4 is 11.3 Å². The first-order valence-corrected chi connectivity index (χ1v) is 7.25. The molecule has 5 N–H and O–H groups in total. The zero-order valence-electron chi connectivity index (χ0n) is 14.3. The first-order chi connectivity index (χ1) is 12.5. The quantitative estimate of drug-likeness (QED) is 0.419. The van der Waals surface area contributed by atoms with Gasteiger partial charge in [0, 0.05) is 6.20 Å². The van der Waals surface area contributed by atoms with E-state index in [-0.39, 0.29) is 11.6 Å². The highest BCUT2D eigenvalue weighted by molar-refractivity contribution is 6.27. The molecule has 1 aliphatic heterocycles. The number of aliphatic hydroxyl groups is 2. The van der Waals surface area contributed by atoms with Crippen LogP contribution in [0.5, 0.6) is 0 Å². The van der Waals surface area contributed by atoms with Gasteiger partial charge in [0.1, 0.15) is 24.3 Å². The van der Waals surface area contributed by atoms with Crippen molar-refractivity contribution in [2.24, 2.45) is 0 Å². The van der Waals surface area contributed by atoms with Gasteiger partial charge >= 0.3 is 0 Å². The minimum Gasteiger partial charge on any atom is -0.394 e. The summed E-state index contributed by atoms with van der Waals surface area (Å²) in [6.07, 6.45) is -4.72. The Morgan fingerprint density at radius 1 is 1.68 bits per heavy atom. The molecule has 3 rings (SSSR count). The Balaban J connectivity index is 2.25. The van der Waals surface area contributed by atoms with E-state index in [4.69, 9.17) is 24.8 Å². The van der Waals surface area contributed by atoms with Crippen molar-refractivity contribution in [3.63, 3.8) is 0 Å². The van der Waals surface area contributed by atoms with E-state index in [2.05, 4.69) is 15.9 Å². The number of rotatable bonds is 2. The molecule has 134 valence electrons. The van der Waals surface area contributed by atoms with Gasteiger partial charge in [0.05, 0.1) is 9.30 Å². The smallest absolute Gasteiger partial charge is 0.264 e. The molecule has 1 fully saturated rings. The van der Waals surface area contributed by atoms with Gasteiger partial charge in [-0.3, -0.25) is 14.3 Å². The highest BCUT2D eigenvalue weighted by Crippen LogP contribution is 2.44. The minimum atomic E-state index is -3.06. The second kappa shape index (κ2) is 6.27. The summed E-state index contributed by atoms with van der Waals surface area (Å²) >= 11 is 6.31. The number of hydrogen-bond acceptors (Lipinski definition) is 6. The second-order valence-corrected chi connectivity index (χ2v) is 5.85. The first kappa shape index (κ1) is 15.1. The van der Waals surface area contributed by atoms with Gasteiger partial charge in [0.15, 0.2) is 22.6 Å². The van der Waals surface area contributed by atoms with Gasteiger partial charge in [-0.25, -0.2) is 8.78 Å². The third-order valence-corrected chi connectivity index (χ3v) is 4.24. The van der Waals surface area contributed by atoms with E-state index in [9.17, 15) is 23.8 Å². The summed E-state index contributed by atoms with van der Waals surface area (Å²) in [7, 11) is 0. The molecule has 2 aromatic heterocycles. The Hall–Kier alpha value is -2.19. The Labute approximate surface area is 147 Å².